The first-order chi connectivity index (χ1) is 3.86. The molecule has 44 valence electrons. The van der Waals surface area contributed by atoms with Crippen LogP contribution in [0.15, 0.2) is 12.2 Å². The summed E-state index contributed by atoms with van der Waals surface area (Å²) in [4.78, 5) is 0. The quantitative estimate of drug-likeness (QED) is 0.460. The topological polar surface area (TPSA) is 26.0 Å². The lowest BCUT2D eigenvalue weighted by molar-refractivity contribution is 0.501. The van der Waals surface area contributed by atoms with Crippen LogP contribution < -0.4 is 5.73 Å². The number of fused-ring (bicyclic) bond motifs is 1. The van der Waals surface area contributed by atoms with Crippen molar-refractivity contribution in [3.8, 4) is 0 Å². The average molecular weight is 109 g/mol. The molecule has 2 aliphatic rings. The van der Waals surface area contributed by atoms with Gasteiger partial charge in [-0.15, -0.1) is 0 Å². The zero-order chi connectivity index (χ0) is 5.56. The Balaban J connectivity index is 2.09. The molecular formula is C7H11N. The second kappa shape index (κ2) is 1.35. The van der Waals surface area contributed by atoms with Crippen molar-refractivity contribution in [3.05, 3.63) is 12.2 Å². The predicted molar refractivity (Wildman–Crippen MR) is 33.3 cm³/mol. The van der Waals surface area contributed by atoms with Gasteiger partial charge in [0.05, 0.1) is 0 Å². The fourth-order valence-electron chi connectivity index (χ4n) is 1.73. The predicted octanol–water partition coefficient (Wildman–Crippen LogP) is 0.910. The molecule has 0 aromatic heterocycles. The highest BCUT2D eigenvalue weighted by atomic mass is 14.7. The average Bonchev–Trinajstić information content (AvgIpc) is 1.91. The maximum Gasteiger partial charge on any atom is 0.00504 e. The Bertz CT molecular complexity index is 114. The molecule has 3 atom stereocenters. The van der Waals surface area contributed by atoms with Gasteiger partial charge in [0, 0.05) is 6.04 Å². The molecule has 0 aliphatic heterocycles. The zero-order valence-corrected chi connectivity index (χ0v) is 4.88. The Morgan fingerprint density at radius 1 is 1.12 bits per heavy atom. The van der Waals surface area contributed by atoms with E-state index in [4.69, 9.17) is 5.73 Å². The number of hydrogen-bond donors (Lipinski definition) is 1. The minimum absolute atomic E-state index is 0.500. The van der Waals surface area contributed by atoms with Crippen LogP contribution in [0.25, 0.3) is 0 Å². The molecule has 8 heavy (non-hydrogen) atoms. The van der Waals surface area contributed by atoms with Gasteiger partial charge in [0.1, 0.15) is 0 Å². The fraction of sp³-hybridized carbons (Fsp3) is 0.714. The molecule has 2 rings (SSSR count). The van der Waals surface area contributed by atoms with Crippen molar-refractivity contribution < 1.29 is 0 Å². The summed E-state index contributed by atoms with van der Waals surface area (Å²) in [7, 11) is 0. The van der Waals surface area contributed by atoms with Crippen LogP contribution in [-0.4, -0.2) is 6.04 Å². The molecule has 0 saturated heterocycles. The zero-order valence-electron chi connectivity index (χ0n) is 4.88. The maximum absolute atomic E-state index is 5.72. The Morgan fingerprint density at radius 2 is 1.62 bits per heavy atom. The molecule has 0 radical (unpaired) electrons. The van der Waals surface area contributed by atoms with Crippen molar-refractivity contribution in [2.75, 3.05) is 0 Å². The van der Waals surface area contributed by atoms with Gasteiger partial charge in [-0.1, -0.05) is 12.2 Å². The SMILES string of the molecule is NC1CC2C=C[C@@H]2C1. The van der Waals surface area contributed by atoms with E-state index in [1.54, 1.807) is 0 Å². The van der Waals surface area contributed by atoms with Gasteiger partial charge in [0.2, 0.25) is 0 Å². The Kier molecular flexibility index (Phi) is 0.770. The number of allylic oxidation sites excluding steroid dienone is 2. The van der Waals surface area contributed by atoms with Crippen molar-refractivity contribution in [2.24, 2.45) is 17.6 Å². The first-order valence-electron chi connectivity index (χ1n) is 3.30. The van der Waals surface area contributed by atoms with Crippen molar-refractivity contribution in [2.45, 2.75) is 18.9 Å². The molecular weight excluding hydrogens is 98.1 g/mol. The molecule has 1 saturated carbocycles. The standard InChI is InChI=1S/C7H11N/c8-7-3-5-1-2-6(5)4-7/h1-2,5-7H,3-4,8H2/t5-,6?,7?/m1/s1. The monoisotopic (exact) mass is 109 g/mol. The molecule has 0 bridgehead atoms. The second-order valence-electron chi connectivity index (χ2n) is 2.94. The smallest absolute Gasteiger partial charge is 0.00504 e. The van der Waals surface area contributed by atoms with Crippen LogP contribution in [0.2, 0.25) is 0 Å². The second-order valence-corrected chi connectivity index (χ2v) is 2.94. The van der Waals surface area contributed by atoms with E-state index in [1.807, 2.05) is 0 Å². The molecule has 1 fully saturated rings. The molecule has 0 aromatic rings. The van der Waals surface area contributed by atoms with Crippen molar-refractivity contribution >= 4 is 0 Å². The van der Waals surface area contributed by atoms with Crippen LogP contribution >= 0.6 is 0 Å². The highest BCUT2D eigenvalue weighted by molar-refractivity contribution is 5.14. The first kappa shape index (κ1) is 4.57. The van der Waals surface area contributed by atoms with E-state index in [0.29, 0.717) is 6.04 Å². The summed E-state index contributed by atoms with van der Waals surface area (Å²) in [5, 5.41) is 0. The Morgan fingerprint density at radius 3 is 1.88 bits per heavy atom. The van der Waals surface area contributed by atoms with Gasteiger partial charge in [-0.3, -0.25) is 0 Å². The summed E-state index contributed by atoms with van der Waals surface area (Å²) in [6, 6.07) is 0.500. The third kappa shape index (κ3) is 0.451. The van der Waals surface area contributed by atoms with Gasteiger partial charge >= 0.3 is 0 Å². The summed E-state index contributed by atoms with van der Waals surface area (Å²) in [5.74, 6) is 1.73. The molecule has 0 heterocycles. The maximum atomic E-state index is 5.72. The van der Waals surface area contributed by atoms with Crippen LogP contribution in [0.3, 0.4) is 0 Å². The van der Waals surface area contributed by atoms with E-state index < -0.39 is 0 Å². The summed E-state index contributed by atoms with van der Waals surface area (Å²) in [6.07, 6.45) is 7.05. The molecule has 2 N–H and O–H groups in total. The summed E-state index contributed by atoms with van der Waals surface area (Å²) < 4.78 is 0. The van der Waals surface area contributed by atoms with Gasteiger partial charge in [-0.2, -0.15) is 0 Å². The largest absolute Gasteiger partial charge is 0.328 e. The van der Waals surface area contributed by atoms with Gasteiger partial charge < -0.3 is 5.73 Å². The van der Waals surface area contributed by atoms with Gasteiger partial charge in [0.15, 0.2) is 0 Å². The third-order valence-electron chi connectivity index (χ3n) is 2.31. The van der Waals surface area contributed by atoms with E-state index >= 15 is 0 Å². The number of nitrogens with two attached hydrogens (primary N) is 1. The van der Waals surface area contributed by atoms with Crippen LogP contribution in [0.5, 0.6) is 0 Å². The van der Waals surface area contributed by atoms with Crippen LogP contribution in [0.4, 0.5) is 0 Å². The van der Waals surface area contributed by atoms with Crippen LogP contribution in [-0.2, 0) is 0 Å². The summed E-state index contributed by atoms with van der Waals surface area (Å²) in [5.41, 5.74) is 5.72. The van der Waals surface area contributed by atoms with E-state index in [2.05, 4.69) is 12.2 Å². The van der Waals surface area contributed by atoms with Crippen molar-refractivity contribution in [1.29, 1.82) is 0 Å². The third-order valence-corrected chi connectivity index (χ3v) is 2.31. The van der Waals surface area contributed by atoms with Crippen LogP contribution in [0, 0.1) is 11.8 Å². The lowest BCUT2D eigenvalue weighted by Crippen LogP contribution is -2.14. The van der Waals surface area contributed by atoms with E-state index in [-0.39, 0.29) is 0 Å². The lowest BCUT2D eigenvalue weighted by Gasteiger charge is -2.19. The Hall–Kier alpha value is -0.300. The fourth-order valence-corrected chi connectivity index (χ4v) is 1.73. The highest BCUT2D eigenvalue weighted by Crippen LogP contribution is 2.39. The molecule has 2 aliphatic carbocycles. The molecule has 0 aromatic carbocycles. The van der Waals surface area contributed by atoms with Crippen molar-refractivity contribution in [1.82, 2.24) is 0 Å². The van der Waals surface area contributed by atoms with Crippen LogP contribution in [0.1, 0.15) is 12.8 Å². The number of hydrogen-bond acceptors (Lipinski definition) is 1. The van der Waals surface area contributed by atoms with E-state index in [0.717, 1.165) is 11.8 Å². The molecule has 0 amide bonds. The first-order valence-corrected chi connectivity index (χ1v) is 3.30. The lowest BCUT2D eigenvalue weighted by atomic mass is 9.86. The molecule has 1 nitrogen and oxygen atoms in total. The normalized spacial score (nSPS) is 50.9. The minimum Gasteiger partial charge on any atom is -0.328 e. The molecule has 1 heteroatoms. The van der Waals surface area contributed by atoms with Gasteiger partial charge in [-0.25, -0.2) is 0 Å². The Labute approximate surface area is 49.6 Å². The van der Waals surface area contributed by atoms with Crippen molar-refractivity contribution in [3.63, 3.8) is 0 Å². The van der Waals surface area contributed by atoms with E-state index in [1.165, 1.54) is 12.8 Å². The summed E-state index contributed by atoms with van der Waals surface area (Å²) >= 11 is 0. The van der Waals surface area contributed by atoms with Gasteiger partial charge in [0.25, 0.3) is 0 Å². The number of rotatable bonds is 0. The van der Waals surface area contributed by atoms with Gasteiger partial charge in [-0.05, 0) is 24.7 Å². The van der Waals surface area contributed by atoms with E-state index in [9.17, 15) is 0 Å². The molecule has 2 unspecified atom stereocenters. The summed E-state index contributed by atoms with van der Waals surface area (Å²) in [6.45, 7) is 0. The minimum atomic E-state index is 0.500. The molecule has 0 spiro atoms. The highest BCUT2D eigenvalue weighted by Gasteiger charge is 2.33.